The zero-order valence-corrected chi connectivity index (χ0v) is 15.5. The highest BCUT2D eigenvalue weighted by Crippen LogP contribution is 2.19. The summed E-state index contributed by atoms with van der Waals surface area (Å²) < 4.78 is 1.98. The number of nitrogens with zero attached hydrogens (tertiary/aromatic N) is 6. The van der Waals surface area contributed by atoms with Gasteiger partial charge >= 0.3 is 0 Å². The van der Waals surface area contributed by atoms with Crippen LogP contribution < -0.4 is 4.90 Å². The van der Waals surface area contributed by atoms with Crippen LogP contribution in [-0.2, 0) is 20.0 Å². The predicted octanol–water partition coefficient (Wildman–Crippen LogP) is 2.02. The summed E-state index contributed by atoms with van der Waals surface area (Å²) >= 11 is 0. The first-order valence-electron chi connectivity index (χ1n) is 8.79. The first-order chi connectivity index (χ1) is 11.5. The molecule has 0 amide bonds. The summed E-state index contributed by atoms with van der Waals surface area (Å²) in [7, 11) is 2.02. The van der Waals surface area contributed by atoms with E-state index in [1.807, 2.05) is 18.7 Å². The highest BCUT2D eigenvalue weighted by Gasteiger charge is 2.21. The Balaban J connectivity index is 1.64. The van der Waals surface area contributed by atoms with Gasteiger partial charge in [0, 0.05) is 62.8 Å². The van der Waals surface area contributed by atoms with E-state index in [0.717, 1.165) is 62.2 Å². The molecule has 1 aliphatic rings. The minimum atomic E-state index is 0.869. The second-order valence-electron chi connectivity index (χ2n) is 6.65. The molecule has 1 fully saturated rings. The van der Waals surface area contributed by atoms with Crippen molar-refractivity contribution in [1.29, 1.82) is 0 Å². The Bertz CT molecular complexity index is 713. The predicted molar refractivity (Wildman–Crippen MR) is 96.3 cm³/mol. The van der Waals surface area contributed by atoms with Crippen molar-refractivity contribution < 1.29 is 0 Å². The Kier molecular flexibility index (Phi) is 4.85. The van der Waals surface area contributed by atoms with Crippen molar-refractivity contribution in [3.05, 3.63) is 34.5 Å². The molecule has 0 unspecified atom stereocenters. The van der Waals surface area contributed by atoms with Crippen LogP contribution in [0.1, 0.15) is 35.4 Å². The van der Waals surface area contributed by atoms with Gasteiger partial charge in [0.1, 0.15) is 11.6 Å². The van der Waals surface area contributed by atoms with E-state index in [2.05, 4.69) is 51.7 Å². The van der Waals surface area contributed by atoms with Crippen LogP contribution in [0.3, 0.4) is 0 Å². The normalized spacial score (nSPS) is 16.0. The summed E-state index contributed by atoms with van der Waals surface area (Å²) in [5.74, 6) is 1.95. The van der Waals surface area contributed by atoms with Crippen LogP contribution in [-0.4, -0.2) is 50.8 Å². The summed E-state index contributed by atoms with van der Waals surface area (Å²) in [6.45, 7) is 13.5. The van der Waals surface area contributed by atoms with Crippen molar-refractivity contribution in [2.75, 3.05) is 31.1 Å². The van der Waals surface area contributed by atoms with Crippen LogP contribution >= 0.6 is 0 Å². The van der Waals surface area contributed by atoms with E-state index in [-0.39, 0.29) is 0 Å². The van der Waals surface area contributed by atoms with Crippen LogP contribution in [0, 0.1) is 20.8 Å². The maximum Gasteiger partial charge on any atom is 0.132 e. The number of hydrogen-bond donors (Lipinski definition) is 0. The molecule has 1 aliphatic heterocycles. The van der Waals surface area contributed by atoms with Crippen molar-refractivity contribution in [3.63, 3.8) is 0 Å². The molecule has 2 aromatic heterocycles. The lowest BCUT2D eigenvalue weighted by atomic mass is 10.1. The highest BCUT2D eigenvalue weighted by atomic mass is 15.3. The molecule has 0 N–H and O–H groups in total. The third-order valence-electron chi connectivity index (χ3n) is 4.98. The van der Waals surface area contributed by atoms with E-state index in [1.54, 1.807) is 0 Å². The van der Waals surface area contributed by atoms with Gasteiger partial charge < -0.3 is 4.90 Å². The standard InChI is InChI=1S/C18H28N6/c1-6-16-11-18(20-15(4)19-16)24-9-7-23(8-10-24)12-17-13(2)21-22(5)14(17)3/h11H,6-10,12H2,1-5H3. The van der Waals surface area contributed by atoms with Gasteiger partial charge in [0.05, 0.1) is 5.69 Å². The fourth-order valence-electron chi connectivity index (χ4n) is 3.36. The number of hydrogen-bond acceptors (Lipinski definition) is 5. The van der Waals surface area contributed by atoms with Gasteiger partial charge in [-0.2, -0.15) is 5.10 Å². The molecular formula is C18H28N6. The van der Waals surface area contributed by atoms with E-state index in [0.29, 0.717) is 0 Å². The van der Waals surface area contributed by atoms with E-state index in [4.69, 9.17) is 0 Å². The number of rotatable bonds is 4. The largest absolute Gasteiger partial charge is 0.354 e. The van der Waals surface area contributed by atoms with Gasteiger partial charge in [-0.15, -0.1) is 0 Å². The summed E-state index contributed by atoms with van der Waals surface area (Å²) in [6.07, 6.45) is 0.954. The molecule has 24 heavy (non-hydrogen) atoms. The van der Waals surface area contributed by atoms with E-state index >= 15 is 0 Å². The SMILES string of the molecule is CCc1cc(N2CCN(Cc3c(C)nn(C)c3C)CC2)nc(C)n1. The van der Waals surface area contributed by atoms with Crippen LogP contribution in [0.5, 0.6) is 0 Å². The number of aryl methyl sites for hydroxylation is 4. The maximum atomic E-state index is 4.63. The molecule has 0 saturated carbocycles. The number of anilines is 1. The lowest BCUT2D eigenvalue weighted by Gasteiger charge is -2.35. The second kappa shape index (κ2) is 6.89. The Hall–Kier alpha value is -1.95. The number of piperazine rings is 1. The monoisotopic (exact) mass is 328 g/mol. The lowest BCUT2D eigenvalue weighted by molar-refractivity contribution is 0.248. The van der Waals surface area contributed by atoms with E-state index in [1.165, 1.54) is 11.3 Å². The van der Waals surface area contributed by atoms with Crippen molar-refractivity contribution >= 4 is 5.82 Å². The van der Waals surface area contributed by atoms with Gasteiger partial charge in [0.2, 0.25) is 0 Å². The van der Waals surface area contributed by atoms with Crippen molar-refractivity contribution in [3.8, 4) is 0 Å². The van der Waals surface area contributed by atoms with Crippen LogP contribution in [0.25, 0.3) is 0 Å². The molecule has 0 atom stereocenters. The van der Waals surface area contributed by atoms with Crippen molar-refractivity contribution in [2.24, 2.45) is 7.05 Å². The summed E-state index contributed by atoms with van der Waals surface area (Å²) in [6, 6.07) is 2.14. The van der Waals surface area contributed by atoms with Gasteiger partial charge in [-0.25, -0.2) is 9.97 Å². The lowest BCUT2D eigenvalue weighted by Crippen LogP contribution is -2.46. The molecule has 0 spiro atoms. The third kappa shape index (κ3) is 3.43. The first kappa shape index (κ1) is 16.9. The van der Waals surface area contributed by atoms with E-state index < -0.39 is 0 Å². The molecular weight excluding hydrogens is 300 g/mol. The second-order valence-corrected chi connectivity index (χ2v) is 6.65. The van der Waals surface area contributed by atoms with Gasteiger partial charge in [-0.05, 0) is 27.2 Å². The zero-order valence-electron chi connectivity index (χ0n) is 15.5. The van der Waals surface area contributed by atoms with Gasteiger partial charge in [0.25, 0.3) is 0 Å². The Labute approximate surface area is 144 Å². The topological polar surface area (TPSA) is 50.1 Å². The van der Waals surface area contributed by atoms with Crippen molar-refractivity contribution in [2.45, 2.75) is 40.7 Å². The molecule has 3 heterocycles. The minimum absolute atomic E-state index is 0.869. The molecule has 0 aromatic carbocycles. The average molecular weight is 328 g/mol. The fraction of sp³-hybridized carbons (Fsp3) is 0.611. The third-order valence-corrected chi connectivity index (χ3v) is 4.98. The summed E-state index contributed by atoms with van der Waals surface area (Å²) in [4.78, 5) is 14.0. The first-order valence-corrected chi connectivity index (χ1v) is 8.79. The Morgan fingerprint density at radius 1 is 1.04 bits per heavy atom. The highest BCUT2D eigenvalue weighted by molar-refractivity contribution is 5.40. The minimum Gasteiger partial charge on any atom is -0.354 e. The molecule has 2 aromatic rings. The van der Waals surface area contributed by atoms with Crippen LogP contribution in [0.2, 0.25) is 0 Å². The maximum absolute atomic E-state index is 4.63. The smallest absolute Gasteiger partial charge is 0.132 e. The Morgan fingerprint density at radius 2 is 1.75 bits per heavy atom. The summed E-state index contributed by atoms with van der Waals surface area (Å²) in [5, 5.41) is 4.53. The van der Waals surface area contributed by atoms with Crippen molar-refractivity contribution in [1.82, 2.24) is 24.6 Å². The van der Waals surface area contributed by atoms with Gasteiger partial charge in [-0.3, -0.25) is 9.58 Å². The molecule has 1 saturated heterocycles. The molecule has 0 bridgehead atoms. The van der Waals surface area contributed by atoms with Gasteiger partial charge in [-0.1, -0.05) is 6.92 Å². The molecule has 6 heteroatoms. The fourth-order valence-corrected chi connectivity index (χ4v) is 3.36. The molecule has 130 valence electrons. The zero-order chi connectivity index (χ0) is 17.3. The molecule has 0 aliphatic carbocycles. The Morgan fingerprint density at radius 3 is 2.33 bits per heavy atom. The molecule has 3 rings (SSSR count). The van der Waals surface area contributed by atoms with Crippen LogP contribution in [0.15, 0.2) is 6.07 Å². The van der Waals surface area contributed by atoms with Crippen LogP contribution in [0.4, 0.5) is 5.82 Å². The van der Waals surface area contributed by atoms with E-state index in [9.17, 15) is 0 Å². The number of aromatic nitrogens is 4. The molecule has 6 nitrogen and oxygen atoms in total. The van der Waals surface area contributed by atoms with Gasteiger partial charge in [0.15, 0.2) is 0 Å². The average Bonchev–Trinajstić information content (AvgIpc) is 2.81. The quantitative estimate of drug-likeness (QED) is 0.859. The molecule has 0 radical (unpaired) electrons. The summed E-state index contributed by atoms with van der Waals surface area (Å²) in [5.41, 5.74) is 4.92.